The summed E-state index contributed by atoms with van der Waals surface area (Å²) in [6.07, 6.45) is 1.52. The highest BCUT2D eigenvalue weighted by Crippen LogP contribution is 2.70. The van der Waals surface area contributed by atoms with Crippen LogP contribution in [0.25, 0.3) is 0 Å². The summed E-state index contributed by atoms with van der Waals surface area (Å²) in [4.78, 5) is 20.8. The van der Waals surface area contributed by atoms with E-state index in [1.165, 1.54) is 0 Å². The molecule has 3 N–H and O–H groups in total. The van der Waals surface area contributed by atoms with E-state index in [9.17, 15) is 9.59 Å². The quantitative estimate of drug-likeness (QED) is 0.551. The van der Waals surface area contributed by atoms with Gasteiger partial charge in [0.15, 0.2) is 0 Å². The monoisotopic (exact) mass is 185 g/mol. The molecule has 2 saturated carbocycles. The van der Waals surface area contributed by atoms with Gasteiger partial charge in [-0.2, -0.15) is 0 Å². The summed E-state index contributed by atoms with van der Waals surface area (Å²) in [5.41, 5.74) is -0.0821. The zero-order valence-corrected chi connectivity index (χ0v) is 6.99. The molecule has 0 aromatic heterocycles. The van der Waals surface area contributed by atoms with Crippen LogP contribution in [0.15, 0.2) is 0 Å². The smallest absolute Gasteiger partial charge is 0.317 e. The van der Waals surface area contributed by atoms with E-state index in [-0.39, 0.29) is 23.9 Å². The number of carboxylic acid groups (broad SMARTS) is 2. The van der Waals surface area contributed by atoms with Gasteiger partial charge < -0.3 is 15.5 Å². The second-order valence-corrected chi connectivity index (χ2v) is 3.86. The van der Waals surface area contributed by atoms with E-state index in [2.05, 4.69) is 5.32 Å². The molecule has 72 valence electrons. The molecule has 0 saturated heterocycles. The van der Waals surface area contributed by atoms with Crippen LogP contribution in [0.5, 0.6) is 0 Å². The van der Waals surface area contributed by atoms with Crippen LogP contribution < -0.4 is 5.32 Å². The number of hydrogen-bond donors (Lipinski definition) is 3. The third-order valence-corrected chi connectivity index (χ3v) is 3.03. The number of aliphatic carboxylic acids is 2. The van der Waals surface area contributed by atoms with Crippen molar-refractivity contribution in [3.63, 3.8) is 0 Å². The van der Waals surface area contributed by atoms with E-state index in [0.717, 1.165) is 6.42 Å². The predicted octanol–water partition coefficient (Wildman–Crippen LogP) is -0.476. The van der Waals surface area contributed by atoms with Gasteiger partial charge in [-0.25, -0.2) is 0 Å². The van der Waals surface area contributed by atoms with Gasteiger partial charge in [0.2, 0.25) is 0 Å². The fourth-order valence-corrected chi connectivity index (χ4v) is 2.07. The van der Waals surface area contributed by atoms with Crippen LogP contribution in [0.3, 0.4) is 0 Å². The molecule has 5 heteroatoms. The standard InChI is InChI=1S/C8H11NO4/c10-6(11)3-9-5-2-8(5)1-4(8)7(12)13/h4-5,9H,1-3H2,(H,10,11)(H,12,13). The molecule has 2 rings (SSSR count). The van der Waals surface area contributed by atoms with Gasteiger partial charge >= 0.3 is 11.9 Å². The first-order valence-electron chi connectivity index (χ1n) is 4.24. The van der Waals surface area contributed by atoms with E-state index in [0.29, 0.717) is 6.42 Å². The number of rotatable bonds is 4. The highest BCUT2D eigenvalue weighted by Gasteiger charge is 2.73. The highest BCUT2D eigenvalue weighted by atomic mass is 16.4. The van der Waals surface area contributed by atoms with Gasteiger partial charge in [0, 0.05) is 11.5 Å². The Kier molecular flexibility index (Phi) is 1.60. The summed E-state index contributed by atoms with van der Waals surface area (Å²) in [6, 6.07) is 0.115. The van der Waals surface area contributed by atoms with Crippen molar-refractivity contribution in [1.29, 1.82) is 0 Å². The predicted molar refractivity (Wildman–Crippen MR) is 42.2 cm³/mol. The lowest BCUT2D eigenvalue weighted by atomic mass is 10.3. The maximum Gasteiger partial charge on any atom is 0.317 e. The molecule has 0 radical (unpaired) electrons. The number of carboxylic acids is 2. The molecule has 5 nitrogen and oxygen atoms in total. The van der Waals surface area contributed by atoms with Crippen molar-refractivity contribution in [2.24, 2.45) is 11.3 Å². The lowest BCUT2D eigenvalue weighted by molar-refractivity contribution is -0.139. The Balaban J connectivity index is 1.78. The van der Waals surface area contributed by atoms with E-state index in [1.54, 1.807) is 0 Å². The van der Waals surface area contributed by atoms with Crippen LogP contribution in [0, 0.1) is 11.3 Å². The minimum absolute atomic E-state index is 0.0707. The Labute approximate surface area is 74.7 Å². The van der Waals surface area contributed by atoms with Crippen molar-refractivity contribution >= 4 is 11.9 Å². The van der Waals surface area contributed by atoms with Crippen LogP contribution in [-0.4, -0.2) is 34.7 Å². The Bertz CT molecular complexity index is 277. The molecule has 0 bridgehead atoms. The Morgan fingerprint density at radius 1 is 1.38 bits per heavy atom. The van der Waals surface area contributed by atoms with Gasteiger partial charge in [-0.05, 0) is 12.8 Å². The van der Waals surface area contributed by atoms with Gasteiger partial charge in [0.1, 0.15) is 0 Å². The molecule has 0 aliphatic heterocycles. The normalized spacial score (nSPS) is 40.3. The average molecular weight is 185 g/mol. The molecular formula is C8H11NO4. The SMILES string of the molecule is O=C(O)CNC1CC12CC2C(=O)O. The first-order valence-corrected chi connectivity index (χ1v) is 4.24. The molecule has 3 unspecified atom stereocenters. The molecular weight excluding hydrogens is 174 g/mol. The Hall–Kier alpha value is -1.10. The first-order chi connectivity index (χ1) is 6.06. The van der Waals surface area contributed by atoms with Gasteiger partial charge in [0.05, 0.1) is 12.5 Å². The summed E-state index contributed by atoms with van der Waals surface area (Å²) in [5.74, 6) is -1.88. The van der Waals surface area contributed by atoms with E-state index >= 15 is 0 Å². The largest absolute Gasteiger partial charge is 0.481 e. The van der Waals surface area contributed by atoms with Crippen LogP contribution in [0.1, 0.15) is 12.8 Å². The average Bonchev–Trinajstić information content (AvgIpc) is 2.88. The van der Waals surface area contributed by atoms with E-state index in [4.69, 9.17) is 10.2 Å². The van der Waals surface area contributed by atoms with Crippen molar-refractivity contribution < 1.29 is 19.8 Å². The molecule has 2 aliphatic carbocycles. The summed E-state index contributed by atoms with van der Waals surface area (Å²) < 4.78 is 0. The molecule has 2 aliphatic rings. The van der Waals surface area contributed by atoms with Crippen LogP contribution in [0.2, 0.25) is 0 Å². The zero-order chi connectivity index (χ0) is 9.64. The lowest BCUT2D eigenvalue weighted by Crippen LogP contribution is -2.26. The van der Waals surface area contributed by atoms with Gasteiger partial charge in [-0.3, -0.25) is 9.59 Å². The molecule has 0 aromatic carbocycles. The number of hydrogen-bond acceptors (Lipinski definition) is 3. The molecule has 3 atom stereocenters. The topological polar surface area (TPSA) is 86.6 Å². The van der Waals surface area contributed by atoms with Crippen LogP contribution in [-0.2, 0) is 9.59 Å². The second kappa shape index (κ2) is 2.45. The Morgan fingerprint density at radius 3 is 2.54 bits per heavy atom. The summed E-state index contributed by atoms with van der Waals surface area (Å²) in [5, 5.41) is 19.9. The lowest BCUT2D eigenvalue weighted by Gasteiger charge is -1.97. The minimum atomic E-state index is -0.894. The number of nitrogens with one attached hydrogen (secondary N) is 1. The minimum Gasteiger partial charge on any atom is -0.481 e. The fraction of sp³-hybridized carbons (Fsp3) is 0.750. The molecule has 13 heavy (non-hydrogen) atoms. The summed E-state index contributed by atoms with van der Waals surface area (Å²) in [7, 11) is 0. The second-order valence-electron chi connectivity index (χ2n) is 3.86. The van der Waals surface area contributed by atoms with Crippen molar-refractivity contribution in [1.82, 2.24) is 5.32 Å². The molecule has 1 spiro atoms. The van der Waals surface area contributed by atoms with E-state index in [1.807, 2.05) is 0 Å². The number of carbonyl (C=O) groups is 2. The van der Waals surface area contributed by atoms with Gasteiger partial charge in [-0.1, -0.05) is 0 Å². The van der Waals surface area contributed by atoms with Gasteiger partial charge in [0.25, 0.3) is 0 Å². The van der Waals surface area contributed by atoms with Crippen molar-refractivity contribution in [2.45, 2.75) is 18.9 Å². The molecule has 0 heterocycles. The van der Waals surface area contributed by atoms with Gasteiger partial charge in [-0.15, -0.1) is 0 Å². The zero-order valence-electron chi connectivity index (χ0n) is 6.99. The van der Waals surface area contributed by atoms with Crippen molar-refractivity contribution in [3.8, 4) is 0 Å². The third-order valence-electron chi connectivity index (χ3n) is 3.03. The molecule has 0 aromatic rings. The van der Waals surface area contributed by atoms with Crippen LogP contribution >= 0.6 is 0 Å². The molecule has 2 fully saturated rings. The molecule has 0 amide bonds. The van der Waals surface area contributed by atoms with E-state index < -0.39 is 11.9 Å². The third kappa shape index (κ3) is 1.29. The highest BCUT2D eigenvalue weighted by molar-refractivity contribution is 5.76. The maximum atomic E-state index is 10.6. The first kappa shape index (κ1) is 8.50. The van der Waals surface area contributed by atoms with Crippen molar-refractivity contribution in [3.05, 3.63) is 0 Å². The fourth-order valence-electron chi connectivity index (χ4n) is 2.07. The van der Waals surface area contributed by atoms with Crippen LogP contribution in [0.4, 0.5) is 0 Å². The Morgan fingerprint density at radius 2 is 2.08 bits per heavy atom. The maximum absolute atomic E-state index is 10.6. The summed E-state index contributed by atoms with van der Waals surface area (Å²) >= 11 is 0. The van der Waals surface area contributed by atoms with Crippen molar-refractivity contribution in [2.75, 3.05) is 6.54 Å². The summed E-state index contributed by atoms with van der Waals surface area (Å²) in [6.45, 7) is -0.0707.